The summed E-state index contributed by atoms with van der Waals surface area (Å²) in [6, 6.07) is 19.0. The highest BCUT2D eigenvalue weighted by atomic mass is 35.5. The van der Waals surface area contributed by atoms with Crippen LogP contribution in [-0.4, -0.2) is 32.8 Å². The van der Waals surface area contributed by atoms with Crippen molar-refractivity contribution in [3.8, 4) is 0 Å². The van der Waals surface area contributed by atoms with E-state index in [1.807, 2.05) is 74.6 Å². The van der Waals surface area contributed by atoms with Crippen molar-refractivity contribution in [1.29, 1.82) is 0 Å². The standard InChI is InChI=1S/C19H23NO3.ClH/c1-3-23-19(16-10-6-4-7-11-16,17-12-8-5-9-13-17)18(21)22-15-14-20-2;/h4-13,20H,3,14-15H2,1-2H3;1H. The van der Waals surface area contributed by atoms with Crippen molar-refractivity contribution >= 4 is 18.4 Å². The molecule has 24 heavy (non-hydrogen) atoms. The predicted molar refractivity (Wildman–Crippen MR) is 97.4 cm³/mol. The zero-order valence-electron chi connectivity index (χ0n) is 14.0. The van der Waals surface area contributed by atoms with Crippen molar-refractivity contribution in [2.45, 2.75) is 12.5 Å². The first-order valence-corrected chi connectivity index (χ1v) is 7.82. The van der Waals surface area contributed by atoms with E-state index in [4.69, 9.17) is 9.47 Å². The Bertz CT molecular complexity index is 565. The highest BCUT2D eigenvalue weighted by molar-refractivity contribution is 5.86. The quantitative estimate of drug-likeness (QED) is 0.587. The second-order valence-corrected chi connectivity index (χ2v) is 5.09. The minimum atomic E-state index is -1.25. The van der Waals surface area contributed by atoms with Crippen LogP contribution < -0.4 is 5.32 Å². The van der Waals surface area contributed by atoms with Crippen LogP contribution in [0.2, 0.25) is 0 Å². The van der Waals surface area contributed by atoms with Crippen molar-refractivity contribution in [2.24, 2.45) is 0 Å². The Morgan fingerprint density at radius 2 is 1.50 bits per heavy atom. The molecule has 5 heteroatoms. The number of halogens is 1. The summed E-state index contributed by atoms with van der Waals surface area (Å²) in [5, 5.41) is 2.97. The van der Waals surface area contributed by atoms with Crippen LogP contribution in [0.3, 0.4) is 0 Å². The van der Waals surface area contributed by atoms with Crippen molar-refractivity contribution in [3.05, 3.63) is 71.8 Å². The molecule has 0 heterocycles. The fourth-order valence-electron chi connectivity index (χ4n) is 2.54. The number of hydrogen-bond donors (Lipinski definition) is 1. The Hall–Kier alpha value is -1.88. The highest BCUT2D eigenvalue weighted by Crippen LogP contribution is 2.35. The number of carbonyl (C=O) groups excluding carboxylic acids is 1. The molecule has 2 aromatic carbocycles. The Morgan fingerprint density at radius 1 is 1.00 bits per heavy atom. The highest BCUT2D eigenvalue weighted by Gasteiger charge is 2.44. The maximum Gasteiger partial charge on any atom is 0.347 e. The van der Waals surface area contributed by atoms with E-state index < -0.39 is 11.6 Å². The summed E-state index contributed by atoms with van der Waals surface area (Å²) >= 11 is 0. The molecular formula is C19H24ClNO3. The summed E-state index contributed by atoms with van der Waals surface area (Å²) in [6.07, 6.45) is 0. The molecule has 0 aliphatic carbocycles. The monoisotopic (exact) mass is 349 g/mol. The molecule has 0 saturated carbocycles. The Labute approximate surface area is 149 Å². The molecule has 0 atom stereocenters. The number of ether oxygens (including phenoxy) is 2. The number of rotatable bonds is 8. The smallest absolute Gasteiger partial charge is 0.347 e. The van der Waals surface area contributed by atoms with Gasteiger partial charge < -0.3 is 14.8 Å². The number of likely N-dealkylation sites (N-methyl/N-ethyl adjacent to an activating group) is 1. The summed E-state index contributed by atoms with van der Waals surface area (Å²) in [5.41, 5.74) is 0.287. The van der Waals surface area contributed by atoms with Gasteiger partial charge in [0.05, 0.1) is 0 Å². The lowest BCUT2D eigenvalue weighted by Gasteiger charge is -2.32. The SMILES string of the molecule is CCOC(C(=O)OCCNC)(c1ccccc1)c1ccccc1.Cl. The summed E-state index contributed by atoms with van der Waals surface area (Å²) < 4.78 is 11.5. The molecule has 130 valence electrons. The Morgan fingerprint density at radius 3 is 1.92 bits per heavy atom. The lowest BCUT2D eigenvalue weighted by atomic mass is 9.86. The summed E-state index contributed by atoms with van der Waals surface area (Å²) in [5.74, 6) is -0.396. The maximum absolute atomic E-state index is 13.0. The Kier molecular flexibility index (Phi) is 8.47. The molecule has 1 N–H and O–H groups in total. The van der Waals surface area contributed by atoms with Crippen molar-refractivity contribution in [2.75, 3.05) is 26.8 Å². The molecule has 0 saturated heterocycles. The van der Waals surface area contributed by atoms with Gasteiger partial charge in [-0.25, -0.2) is 4.79 Å². The lowest BCUT2D eigenvalue weighted by molar-refractivity contribution is -0.168. The zero-order valence-corrected chi connectivity index (χ0v) is 14.8. The second kappa shape index (κ2) is 10.1. The maximum atomic E-state index is 13.0. The summed E-state index contributed by atoms with van der Waals surface area (Å²) in [4.78, 5) is 13.0. The molecule has 0 aliphatic rings. The fraction of sp³-hybridized carbons (Fsp3) is 0.316. The van der Waals surface area contributed by atoms with Gasteiger partial charge in [0, 0.05) is 13.2 Å². The van der Waals surface area contributed by atoms with Gasteiger partial charge in [-0.3, -0.25) is 0 Å². The molecule has 0 fully saturated rings. The van der Waals surface area contributed by atoms with Gasteiger partial charge in [0.1, 0.15) is 6.61 Å². The van der Waals surface area contributed by atoms with E-state index in [-0.39, 0.29) is 12.4 Å². The van der Waals surface area contributed by atoms with Gasteiger partial charge in [-0.15, -0.1) is 12.4 Å². The minimum Gasteiger partial charge on any atom is -0.462 e. The van der Waals surface area contributed by atoms with Gasteiger partial charge in [0.15, 0.2) is 0 Å². The van der Waals surface area contributed by atoms with E-state index in [1.54, 1.807) is 0 Å². The molecule has 0 amide bonds. The average Bonchev–Trinajstić information content (AvgIpc) is 2.61. The fourth-order valence-corrected chi connectivity index (χ4v) is 2.54. The van der Waals surface area contributed by atoms with E-state index in [1.165, 1.54) is 0 Å². The number of carbonyl (C=O) groups is 1. The Balaban J connectivity index is 0.00000288. The summed E-state index contributed by atoms with van der Waals surface area (Å²) in [7, 11) is 1.82. The third-order valence-corrected chi connectivity index (χ3v) is 3.59. The first-order valence-electron chi connectivity index (χ1n) is 7.82. The van der Waals surface area contributed by atoms with E-state index in [9.17, 15) is 4.79 Å². The van der Waals surface area contributed by atoms with Crippen LogP contribution in [0.5, 0.6) is 0 Å². The van der Waals surface area contributed by atoms with Crippen LogP contribution in [0.25, 0.3) is 0 Å². The number of nitrogens with one attached hydrogen (secondary N) is 1. The molecule has 0 unspecified atom stereocenters. The molecule has 4 nitrogen and oxygen atoms in total. The van der Waals surface area contributed by atoms with Crippen LogP contribution in [0.15, 0.2) is 60.7 Å². The van der Waals surface area contributed by atoms with Crippen molar-refractivity contribution in [1.82, 2.24) is 5.32 Å². The lowest BCUT2D eigenvalue weighted by Crippen LogP contribution is -2.42. The van der Waals surface area contributed by atoms with Gasteiger partial charge in [0.2, 0.25) is 5.60 Å². The van der Waals surface area contributed by atoms with Gasteiger partial charge in [-0.2, -0.15) is 0 Å². The molecule has 0 spiro atoms. The van der Waals surface area contributed by atoms with Crippen LogP contribution in [0.4, 0.5) is 0 Å². The topological polar surface area (TPSA) is 47.6 Å². The number of hydrogen-bond acceptors (Lipinski definition) is 4. The molecule has 2 rings (SSSR count). The first-order chi connectivity index (χ1) is 11.3. The molecule has 0 bridgehead atoms. The molecule has 0 aliphatic heterocycles. The van der Waals surface area contributed by atoms with Gasteiger partial charge in [-0.05, 0) is 25.1 Å². The predicted octanol–water partition coefficient (Wildman–Crippen LogP) is 3.15. The van der Waals surface area contributed by atoms with E-state index in [2.05, 4.69) is 5.32 Å². The molecule has 0 radical (unpaired) electrons. The van der Waals surface area contributed by atoms with Gasteiger partial charge in [-0.1, -0.05) is 60.7 Å². The molecular weight excluding hydrogens is 326 g/mol. The third-order valence-electron chi connectivity index (χ3n) is 3.59. The van der Waals surface area contributed by atoms with Gasteiger partial charge >= 0.3 is 5.97 Å². The van der Waals surface area contributed by atoms with Crippen molar-refractivity contribution in [3.63, 3.8) is 0 Å². The molecule has 2 aromatic rings. The van der Waals surface area contributed by atoms with Crippen molar-refractivity contribution < 1.29 is 14.3 Å². The molecule has 0 aromatic heterocycles. The number of esters is 1. The van der Waals surface area contributed by atoms with Crippen LogP contribution in [0, 0.1) is 0 Å². The minimum absolute atomic E-state index is 0. The third kappa shape index (κ3) is 4.35. The normalized spacial score (nSPS) is 10.8. The van der Waals surface area contributed by atoms with E-state index >= 15 is 0 Å². The van der Waals surface area contributed by atoms with Crippen LogP contribution in [0.1, 0.15) is 18.1 Å². The van der Waals surface area contributed by atoms with Crippen LogP contribution in [-0.2, 0) is 19.9 Å². The number of benzene rings is 2. The largest absolute Gasteiger partial charge is 0.462 e. The summed E-state index contributed by atoms with van der Waals surface area (Å²) in [6.45, 7) is 3.16. The van der Waals surface area contributed by atoms with Gasteiger partial charge in [0.25, 0.3) is 0 Å². The second-order valence-electron chi connectivity index (χ2n) is 5.09. The van der Waals surface area contributed by atoms with E-state index in [0.717, 1.165) is 11.1 Å². The zero-order chi connectivity index (χ0) is 16.5. The van der Waals surface area contributed by atoms with Crippen LogP contribution >= 0.6 is 12.4 Å². The first kappa shape index (κ1) is 20.2. The average molecular weight is 350 g/mol. The van der Waals surface area contributed by atoms with E-state index in [0.29, 0.717) is 19.8 Å².